The SMILES string of the molecule is CC(O)C(N)C(=O)NC(CC(=O)O)C(=O)NC(C(=O)NC(Cc1ccccc1)C(=O)O)C(C)O. The number of nitrogens with two attached hydrogens (primary N) is 1. The number of aliphatic hydroxyl groups is 2. The van der Waals surface area contributed by atoms with E-state index in [4.69, 9.17) is 10.8 Å². The van der Waals surface area contributed by atoms with E-state index in [1.54, 1.807) is 30.3 Å². The van der Waals surface area contributed by atoms with Gasteiger partial charge in [0.2, 0.25) is 17.7 Å². The normalized spacial score (nSPS) is 16.1. The molecule has 9 N–H and O–H groups in total. The third kappa shape index (κ3) is 9.13. The zero-order valence-corrected chi connectivity index (χ0v) is 18.7. The lowest BCUT2D eigenvalue weighted by Crippen LogP contribution is -2.60. The number of carboxylic acids is 2. The van der Waals surface area contributed by atoms with E-state index in [-0.39, 0.29) is 6.42 Å². The van der Waals surface area contributed by atoms with Crippen LogP contribution in [0.5, 0.6) is 0 Å². The van der Waals surface area contributed by atoms with Gasteiger partial charge in [-0.2, -0.15) is 0 Å². The molecule has 13 nitrogen and oxygen atoms in total. The maximum Gasteiger partial charge on any atom is 0.326 e. The van der Waals surface area contributed by atoms with Crippen LogP contribution >= 0.6 is 0 Å². The standard InChI is InChI=1S/C21H30N4O9/c1-10(26)16(22)19(31)23-13(9-15(28)29)18(30)25-17(11(2)27)20(32)24-14(21(33)34)8-12-6-4-3-5-7-12/h3-7,10-11,13-14,16-17,26-27H,8-9,22H2,1-2H3,(H,23,31)(H,24,32)(H,25,30)(H,28,29)(H,33,34). The van der Waals surface area contributed by atoms with E-state index in [0.29, 0.717) is 5.56 Å². The number of carbonyl (C=O) groups is 5. The molecule has 0 aliphatic rings. The van der Waals surface area contributed by atoms with Crippen molar-refractivity contribution in [2.45, 2.75) is 63.1 Å². The Morgan fingerprint density at radius 1 is 0.824 bits per heavy atom. The first-order valence-corrected chi connectivity index (χ1v) is 10.3. The number of aliphatic carboxylic acids is 2. The maximum atomic E-state index is 12.7. The molecule has 0 heterocycles. The Balaban J connectivity index is 2.98. The van der Waals surface area contributed by atoms with Crippen LogP contribution in [0.1, 0.15) is 25.8 Å². The van der Waals surface area contributed by atoms with Crippen LogP contribution in [-0.4, -0.2) is 86.5 Å². The lowest BCUT2D eigenvalue weighted by Gasteiger charge is -2.26. The average molecular weight is 482 g/mol. The van der Waals surface area contributed by atoms with Crippen molar-refractivity contribution in [2.24, 2.45) is 5.73 Å². The molecule has 1 rings (SSSR count). The van der Waals surface area contributed by atoms with E-state index in [0.717, 1.165) is 6.92 Å². The number of benzene rings is 1. The number of hydrogen-bond acceptors (Lipinski definition) is 8. The molecule has 0 aliphatic carbocycles. The number of hydrogen-bond donors (Lipinski definition) is 8. The second-order valence-electron chi connectivity index (χ2n) is 7.74. The summed E-state index contributed by atoms with van der Waals surface area (Å²) in [5, 5.41) is 44.4. The van der Waals surface area contributed by atoms with Crippen molar-refractivity contribution in [1.29, 1.82) is 0 Å². The Morgan fingerprint density at radius 2 is 1.38 bits per heavy atom. The van der Waals surface area contributed by atoms with Crippen LogP contribution in [0, 0.1) is 0 Å². The van der Waals surface area contributed by atoms with Gasteiger partial charge in [-0.15, -0.1) is 0 Å². The third-order valence-electron chi connectivity index (χ3n) is 4.79. The lowest BCUT2D eigenvalue weighted by molar-refractivity contribution is -0.144. The number of amides is 3. The highest BCUT2D eigenvalue weighted by Gasteiger charge is 2.34. The van der Waals surface area contributed by atoms with Crippen molar-refractivity contribution in [3.63, 3.8) is 0 Å². The Hall–Kier alpha value is -3.55. The van der Waals surface area contributed by atoms with Crippen LogP contribution < -0.4 is 21.7 Å². The third-order valence-corrected chi connectivity index (χ3v) is 4.79. The highest BCUT2D eigenvalue weighted by Crippen LogP contribution is 2.06. The van der Waals surface area contributed by atoms with Crippen LogP contribution in [0.25, 0.3) is 0 Å². The largest absolute Gasteiger partial charge is 0.481 e. The molecule has 0 fully saturated rings. The highest BCUT2D eigenvalue weighted by atomic mass is 16.4. The number of rotatable bonds is 13. The molecule has 0 aromatic heterocycles. The van der Waals surface area contributed by atoms with Gasteiger partial charge in [-0.1, -0.05) is 30.3 Å². The van der Waals surface area contributed by atoms with Gasteiger partial charge in [0.05, 0.1) is 18.6 Å². The molecule has 0 saturated carbocycles. The minimum Gasteiger partial charge on any atom is -0.481 e. The quantitative estimate of drug-likeness (QED) is 0.145. The van der Waals surface area contributed by atoms with Gasteiger partial charge in [0.15, 0.2) is 0 Å². The molecule has 0 radical (unpaired) electrons. The molecule has 188 valence electrons. The summed E-state index contributed by atoms with van der Waals surface area (Å²) in [6, 6.07) is 2.25. The fraction of sp³-hybridized carbons (Fsp3) is 0.476. The van der Waals surface area contributed by atoms with Crippen molar-refractivity contribution in [3.05, 3.63) is 35.9 Å². The predicted molar refractivity (Wildman–Crippen MR) is 117 cm³/mol. The van der Waals surface area contributed by atoms with Gasteiger partial charge >= 0.3 is 11.9 Å². The summed E-state index contributed by atoms with van der Waals surface area (Å²) in [6.07, 6.45) is -3.75. The maximum absolute atomic E-state index is 12.7. The number of nitrogens with one attached hydrogen (secondary N) is 3. The Labute approximate surface area is 195 Å². The van der Waals surface area contributed by atoms with Crippen LogP contribution in [0.3, 0.4) is 0 Å². The molecule has 0 bridgehead atoms. The summed E-state index contributed by atoms with van der Waals surface area (Å²) < 4.78 is 0. The van der Waals surface area contributed by atoms with E-state index in [1.807, 2.05) is 0 Å². The van der Waals surface area contributed by atoms with Crippen LogP contribution in [0.2, 0.25) is 0 Å². The summed E-state index contributed by atoms with van der Waals surface area (Å²) in [4.78, 5) is 60.1. The van der Waals surface area contributed by atoms with Crippen LogP contribution in [-0.2, 0) is 30.4 Å². The molecule has 0 saturated heterocycles. The zero-order valence-electron chi connectivity index (χ0n) is 18.7. The van der Waals surface area contributed by atoms with E-state index < -0.39 is 72.5 Å². The Kier molecular flexibility index (Phi) is 11.1. The van der Waals surface area contributed by atoms with Crippen molar-refractivity contribution in [2.75, 3.05) is 0 Å². The minimum absolute atomic E-state index is 0.0721. The summed E-state index contributed by atoms with van der Waals surface area (Å²) in [6.45, 7) is 2.38. The molecule has 0 aliphatic heterocycles. The molecule has 1 aromatic rings. The van der Waals surface area contributed by atoms with Crippen molar-refractivity contribution in [3.8, 4) is 0 Å². The molecule has 6 atom stereocenters. The average Bonchev–Trinajstić information content (AvgIpc) is 2.75. The smallest absolute Gasteiger partial charge is 0.326 e. The second-order valence-corrected chi connectivity index (χ2v) is 7.74. The van der Waals surface area contributed by atoms with E-state index in [9.17, 15) is 39.3 Å². The van der Waals surface area contributed by atoms with Crippen molar-refractivity contribution < 1.29 is 44.4 Å². The number of carboxylic acid groups (broad SMARTS) is 2. The molecule has 6 unspecified atom stereocenters. The Bertz CT molecular complexity index is 876. The second kappa shape index (κ2) is 13.2. The van der Waals surface area contributed by atoms with E-state index >= 15 is 0 Å². The summed E-state index contributed by atoms with van der Waals surface area (Å²) in [5.41, 5.74) is 6.10. The van der Waals surface area contributed by atoms with Crippen LogP contribution in [0.15, 0.2) is 30.3 Å². The van der Waals surface area contributed by atoms with Gasteiger partial charge < -0.3 is 42.1 Å². The van der Waals surface area contributed by atoms with E-state index in [1.165, 1.54) is 6.92 Å². The molecule has 13 heteroatoms. The van der Waals surface area contributed by atoms with Gasteiger partial charge in [0, 0.05) is 6.42 Å². The topological polar surface area (TPSA) is 228 Å². The van der Waals surface area contributed by atoms with E-state index in [2.05, 4.69) is 16.0 Å². The van der Waals surface area contributed by atoms with Gasteiger partial charge in [0.1, 0.15) is 24.2 Å². The molecule has 0 spiro atoms. The zero-order chi connectivity index (χ0) is 26.0. The number of carbonyl (C=O) groups excluding carboxylic acids is 3. The molecule has 3 amide bonds. The molecule has 34 heavy (non-hydrogen) atoms. The molecular weight excluding hydrogens is 452 g/mol. The summed E-state index contributed by atoms with van der Waals surface area (Å²) >= 11 is 0. The van der Waals surface area contributed by atoms with Gasteiger partial charge in [-0.05, 0) is 19.4 Å². The van der Waals surface area contributed by atoms with Gasteiger partial charge in [-0.25, -0.2) is 4.79 Å². The number of aliphatic hydroxyl groups excluding tert-OH is 2. The van der Waals surface area contributed by atoms with Crippen molar-refractivity contribution >= 4 is 29.7 Å². The lowest BCUT2D eigenvalue weighted by atomic mass is 10.0. The minimum atomic E-state index is -1.69. The summed E-state index contributed by atoms with van der Waals surface area (Å²) in [5.74, 6) is -5.99. The predicted octanol–water partition coefficient (Wildman–Crippen LogP) is -2.67. The van der Waals surface area contributed by atoms with Crippen molar-refractivity contribution in [1.82, 2.24) is 16.0 Å². The monoisotopic (exact) mass is 482 g/mol. The first-order valence-electron chi connectivity index (χ1n) is 10.3. The molecular formula is C21H30N4O9. The fourth-order valence-electron chi connectivity index (χ4n) is 2.84. The van der Waals surface area contributed by atoms with Gasteiger partial charge in [-0.3, -0.25) is 19.2 Å². The summed E-state index contributed by atoms with van der Waals surface area (Å²) in [7, 11) is 0. The molecule has 1 aromatic carbocycles. The fourth-order valence-corrected chi connectivity index (χ4v) is 2.84. The first-order chi connectivity index (χ1) is 15.8. The Morgan fingerprint density at radius 3 is 1.85 bits per heavy atom. The van der Waals surface area contributed by atoms with Crippen LogP contribution in [0.4, 0.5) is 0 Å². The highest BCUT2D eigenvalue weighted by molar-refractivity contribution is 5.96. The van der Waals surface area contributed by atoms with Gasteiger partial charge in [0.25, 0.3) is 0 Å². The first kappa shape index (κ1) is 28.5.